The standard InChI is InChI=1S/C14H15NO2/c1-10-5-6-12(8-11(10)2)9-15-7-3-4-13(15)14(16)17/h3-8H,9H2,1-2H3,(H,16,17). The molecule has 0 radical (unpaired) electrons. The second-order valence-corrected chi connectivity index (χ2v) is 4.25. The van der Waals surface area contributed by atoms with Gasteiger partial charge in [-0.1, -0.05) is 18.2 Å². The fourth-order valence-corrected chi connectivity index (χ4v) is 1.84. The number of carboxylic acids is 1. The molecule has 0 saturated carbocycles. The zero-order chi connectivity index (χ0) is 12.4. The highest BCUT2D eigenvalue weighted by molar-refractivity contribution is 5.85. The van der Waals surface area contributed by atoms with E-state index in [0.717, 1.165) is 5.56 Å². The van der Waals surface area contributed by atoms with Gasteiger partial charge in [-0.05, 0) is 42.7 Å². The predicted octanol–water partition coefficient (Wildman–Crippen LogP) is 2.85. The quantitative estimate of drug-likeness (QED) is 0.879. The second kappa shape index (κ2) is 4.45. The summed E-state index contributed by atoms with van der Waals surface area (Å²) < 4.78 is 1.74. The van der Waals surface area contributed by atoms with E-state index < -0.39 is 5.97 Å². The first-order valence-corrected chi connectivity index (χ1v) is 5.52. The van der Waals surface area contributed by atoms with Gasteiger partial charge in [-0.3, -0.25) is 0 Å². The molecule has 2 rings (SSSR count). The Labute approximate surface area is 100 Å². The van der Waals surface area contributed by atoms with Crippen LogP contribution >= 0.6 is 0 Å². The molecular weight excluding hydrogens is 214 g/mol. The molecule has 0 saturated heterocycles. The number of aromatic carboxylic acids is 1. The summed E-state index contributed by atoms with van der Waals surface area (Å²) in [7, 11) is 0. The highest BCUT2D eigenvalue weighted by Crippen LogP contribution is 2.12. The Hall–Kier alpha value is -2.03. The van der Waals surface area contributed by atoms with Gasteiger partial charge < -0.3 is 9.67 Å². The topological polar surface area (TPSA) is 42.2 Å². The summed E-state index contributed by atoms with van der Waals surface area (Å²) in [6, 6.07) is 9.57. The van der Waals surface area contributed by atoms with Gasteiger partial charge in [-0.25, -0.2) is 4.79 Å². The highest BCUT2D eigenvalue weighted by atomic mass is 16.4. The lowest BCUT2D eigenvalue weighted by Crippen LogP contribution is -2.08. The van der Waals surface area contributed by atoms with Crippen molar-refractivity contribution >= 4 is 5.97 Å². The van der Waals surface area contributed by atoms with Crippen molar-refractivity contribution in [2.24, 2.45) is 0 Å². The molecule has 2 aromatic rings. The Morgan fingerprint density at radius 1 is 1.24 bits per heavy atom. The second-order valence-electron chi connectivity index (χ2n) is 4.25. The first-order valence-electron chi connectivity index (χ1n) is 5.52. The molecule has 0 atom stereocenters. The molecule has 0 spiro atoms. The fraction of sp³-hybridized carbons (Fsp3) is 0.214. The molecule has 1 N–H and O–H groups in total. The van der Waals surface area contributed by atoms with Crippen LogP contribution in [-0.4, -0.2) is 15.6 Å². The van der Waals surface area contributed by atoms with Crippen molar-refractivity contribution in [2.45, 2.75) is 20.4 Å². The molecule has 1 heterocycles. The Morgan fingerprint density at radius 2 is 2.00 bits per heavy atom. The van der Waals surface area contributed by atoms with Crippen LogP contribution in [-0.2, 0) is 6.54 Å². The molecule has 1 aromatic heterocycles. The van der Waals surface area contributed by atoms with Crippen molar-refractivity contribution < 1.29 is 9.90 Å². The third-order valence-corrected chi connectivity index (χ3v) is 2.97. The molecule has 1 aromatic carbocycles. The lowest BCUT2D eigenvalue weighted by atomic mass is 10.1. The maximum atomic E-state index is 11.0. The summed E-state index contributed by atoms with van der Waals surface area (Å²) in [6.45, 7) is 4.72. The van der Waals surface area contributed by atoms with E-state index in [0.29, 0.717) is 12.2 Å². The maximum absolute atomic E-state index is 11.0. The highest BCUT2D eigenvalue weighted by Gasteiger charge is 2.08. The number of hydrogen-bond acceptors (Lipinski definition) is 1. The van der Waals surface area contributed by atoms with Crippen LogP contribution in [0.4, 0.5) is 0 Å². The summed E-state index contributed by atoms with van der Waals surface area (Å²) in [4.78, 5) is 11.0. The molecule has 88 valence electrons. The summed E-state index contributed by atoms with van der Waals surface area (Å²) in [5.41, 5.74) is 3.92. The third-order valence-electron chi connectivity index (χ3n) is 2.97. The molecular formula is C14H15NO2. The van der Waals surface area contributed by atoms with E-state index in [1.807, 2.05) is 6.07 Å². The van der Waals surface area contributed by atoms with Crippen LogP contribution in [0.25, 0.3) is 0 Å². The summed E-state index contributed by atoms with van der Waals surface area (Å²) >= 11 is 0. The van der Waals surface area contributed by atoms with E-state index in [-0.39, 0.29) is 0 Å². The van der Waals surface area contributed by atoms with E-state index in [9.17, 15) is 4.79 Å². The largest absolute Gasteiger partial charge is 0.477 e. The molecule has 0 aliphatic heterocycles. The van der Waals surface area contributed by atoms with Crippen molar-refractivity contribution in [2.75, 3.05) is 0 Å². The lowest BCUT2D eigenvalue weighted by molar-refractivity contribution is 0.0685. The lowest BCUT2D eigenvalue weighted by Gasteiger charge is -2.08. The van der Waals surface area contributed by atoms with E-state index in [4.69, 9.17) is 5.11 Å². The monoisotopic (exact) mass is 229 g/mol. The average Bonchev–Trinajstić information content (AvgIpc) is 2.72. The van der Waals surface area contributed by atoms with Gasteiger partial charge >= 0.3 is 5.97 Å². The van der Waals surface area contributed by atoms with Crippen molar-refractivity contribution in [1.82, 2.24) is 4.57 Å². The zero-order valence-corrected chi connectivity index (χ0v) is 9.97. The Balaban J connectivity index is 2.28. The van der Waals surface area contributed by atoms with Crippen LogP contribution in [0.2, 0.25) is 0 Å². The molecule has 0 bridgehead atoms. The van der Waals surface area contributed by atoms with Gasteiger partial charge in [-0.15, -0.1) is 0 Å². The fourth-order valence-electron chi connectivity index (χ4n) is 1.84. The minimum Gasteiger partial charge on any atom is -0.477 e. The average molecular weight is 229 g/mol. The molecule has 0 unspecified atom stereocenters. The van der Waals surface area contributed by atoms with Crippen molar-refractivity contribution in [3.63, 3.8) is 0 Å². The van der Waals surface area contributed by atoms with E-state index >= 15 is 0 Å². The normalized spacial score (nSPS) is 10.5. The minimum atomic E-state index is -0.890. The van der Waals surface area contributed by atoms with Gasteiger partial charge in [0.25, 0.3) is 0 Å². The Bertz CT molecular complexity index is 555. The molecule has 0 amide bonds. The number of benzene rings is 1. The van der Waals surface area contributed by atoms with Crippen LogP contribution in [0.1, 0.15) is 27.2 Å². The third kappa shape index (κ3) is 2.38. The van der Waals surface area contributed by atoms with Gasteiger partial charge in [0.1, 0.15) is 5.69 Å². The SMILES string of the molecule is Cc1ccc(Cn2cccc2C(=O)O)cc1C. The first kappa shape index (κ1) is 11.5. The van der Waals surface area contributed by atoms with E-state index in [1.165, 1.54) is 11.1 Å². The summed E-state index contributed by atoms with van der Waals surface area (Å²) in [6.07, 6.45) is 1.79. The van der Waals surface area contributed by atoms with Crippen LogP contribution in [0.3, 0.4) is 0 Å². The molecule has 3 heteroatoms. The number of aryl methyl sites for hydroxylation is 2. The molecule has 3 nitrogen and oxygen atoms in total. The van der Waals surface area contributed by atoms with Crippen LogP contribution in [0.5, 0.6) is 0 Å². The predicted molar refractivity (Wildman–Crippen MR) is 66.4 cm³/mol. The van der Waals surface area contributed by atoms with E-state index in [1.54, 1.807) is 22.9 Å². The van der Waals surface area contributed by atoms with Gasteiger partial charge in [-0.2, -0.15) is 0 Å². The van der Waals surface area contributed by atoms with Gasteiger partial charge in [0.15, 0.2) is 0 Å². The number of rotatable bonds is 3. The smallest absolute Gasteiger partial charge is 0.352 e. The van der Waals surface area contributed by atoms with Gasteiger partial charge in [0.2, 0.25) is 0 Å². The van der Waals surface area contributed by atoms with Crippen molar-refractivity contribution in [1.29, 1.82) is 0 Å². The number of nitrogens with zero attached hydrogens (tertiary/aromatic N) is 1. The van der Waals surface area contributed by atoms with Crippen molar-refractivity contribution in [3.8, 4) is 0 Å². The molecule has 0 fully saturated rings. The number of carboxylic acid groups (broad SMARTS) is 1. The van der Waals surface area contributed by atoms with Gasteiger partial charge in [0, 0.05) is 12.7 Å². The van der Waals surface area contributed by atoms with E-state index in [2.05, 4.69) is 26.0 Å². The molecule has 0 aliphatic carbocycles. The first-order chi connectivity index (χ1) is 8.08. The molecule has 17 heavy (non-hydrogen) atoms. The Kier molecular flexibility index (Phi) is 3.00. The Morgan fingerprint density at radius 3 is 2.65 bits per heavy atom. The van der Waals surface area contributed by atoms with Crippen LogP contribution < -0.4 is 0 Å². The number of hydrogen-bond donors (Lipinski definition) is 1. The van der Waals surface area contributed by atoms with Crippen molar-refractivity contribution in [3.05, 3.63) is 58.9 Å². The minimum absolute atomic E-state index is 0.322. The molecule has 0 aliphatic rings. The van der Waals surface area contributed by atoms with Gasteiger partial charge in [0.05, 0.1) is 0 Å². The van der Waals surface area contributed by atoms with Crippen LogP contribution in [0.15, 0.2) is 36.5 Å². The number of carbonyl (C=O) groups is 1. The number of aromatic nitrogens is 1. The summed E-state index contributed by atoms with van der Waals surface area (Å²) in [5.74, 6) is -0.890. The zero-order valence-electron chi connectivity index (χ0n) is 9.97. The maximum Gasteiger partial charge on any atom is 0.352 e. The van der Waals surface area contributed by atoms with Crippen LogP contribution in [0, 0.1) is 13.8 Å². The summed E-state index contributed by atoms with van der Waals surface area (Å²) in [5, 5.41) is 9.01.